The molecule has 0 aliphatic carbocycles. The van der Waals surface area contributed by atoms with Crippen molar-refractivity contribution in [2.45, 2.75) is 4.90 Å². The molecule has 0 saturated heterocycles. The highest BCUT2D eigenvalue weighted by Gasteiger charge is 2.17. The first kappa shape index (κ1) is 14.0. The van der Waals surface area contributed by atoms with Crippen LogP contribution in [0.5, 0.6) is 0 Å². The average molecular weight is 302 g/mol. The molecule has 0 unspecified atom stereocenters. The first-order chi connectivity index (χ1) is 10.2. The van der Waals surface area contributed by atoms with Crippen molar-refractivity contribution in [3.05, 3.63) is 54.3 Å². The third-order valence-electron chi connectivity index (χ3n) is 3.32. The zero-order valence-corrected chi connectivity index (χ0v) is 12.1. The molecule has 0 spiro atoms. The number of fused-ring (bicyclic) bond motifs is 1. The summed E-state index contributed by atoms with van der Waals surface area (Å²) in [6.07, 6.45) is 0. The molecule has 3 rings (SSSR count). The third kappa shape index (κ3) is 2.62. The molecule has 0 saturated carbocycles. The maximum Gasteiger partial charge on any atom is 0.123 e. The Labute approximate surface area is 124 Å². The average Bonchev–Trinajstić information content (AvgIpc) is 2.87. The predicted octanol–water partition coefficient (Wildman–Crippen LogP) is 3.04. The molecule has 3 nitrogen and oxygen atoms in total. The van der Waals surface area contributed by atoms with Crippen molar-refractivity contribution in [2.24, 2.45) is 5.73 Å². The molecular formula is C16H15FN2OS. The summed E-state index contributed by atoms with van der Waals surface area (Å²) in [7, 11) is -1.19. The number of rotatable bonds is 4. The Morgan fingerprint density at radius 3 is 2.52 bits per heavy atom. The molecule has 1 aromatic heterocycles. The molecule has 0 bridgehead atoms. The summed E-state index contributed by atoms with van der Waals surface area (Å²) >= 11 is 0. The summed E-state index contributed by atoms with van der Waals surface area (Å²) in [4.78, 5) is 4.02. The van der Waals surface area contributed by atoms with Crippen LogP contribution in [0, 0.1) is 5.82 Å². The van der Waals surface area contributed by atoms with Crippen LogP contribution in [0.1, 0.15) is 0 Å². The smallest absolute Gasteiger partial charge is 0.123 e. The number of H-pyrrole nitrogens is 1. The lowest BCUT2D eigenvalue weighted by Crippen LogP contribution is -2.10. The van der Waals surface area contributed by atoms with E-state index < -0.39 is 10.8 Å². The van der Waals surface area contributed by atoms with Crippen LogP contribution < -0.4 is 5.73 Å². The van der Waals surface area contributed by atoms with Gasteiger partial charge < -0.3 is 10.7 Å². The van der Waals surface area contributed by atoms with Gasteiger partial charge in [0.25, 0.3) is 0 Å². The van der Waals surface area contributed by atoms with Gasteiger partial charge in [0.1, 0.15) is 5.82 Å². The van der Waals surface area contributed by atoms with Gasteiger partial charge in [-0.2, -0.15) is 0 Å². The van der Waals surface area contributed by atoms with E-state index in [0.717, 1.165) is 27.1 Å². The van der Waals surface area contributed by atoms with E-state index in [4.69, 9.17) is 5.73 Å². The quantitative estimate of drug-likeness (QED) is 0.778. The van der Waals surface area contributed by atoms with Crippen molar-refractivity contribution in [1.29, 1.82) is 0 Å². The molecule has 0 aliphatic heterocycles. The molecule has 0 aliphatic rings. The Balaban J connectivity index is 2.23. The standard InChI is InChI=1S/C16H15FN2OS/c17-12-7-5-11(6-8-12)15-16(21(20)10-9-18)13-3-1-2-4-14(13)19-15/h1-8,19H,9-10,18H2/t21-/m0/s1. The Morgan fingerprint density at radius 2 is 1.81 bits per heavy atom. The van der Waals surface area contributed by atoms with E-state index in [9.17, 15) is 8.60 Å². The molecule has 1 atom stereocenters. The Morgan fingerprint density at radius 1 is 1.10 bits per heavy atom. The Hall–Kier alpha value is -1.98. The van der Waals surface area contributed by atoms with Crippen LogP contribution in [0.4, 0.5) is 4.39 Å². The van der Waals surface area contributed by atoms with Gasteiger partial charge in [0.2, 0.25) is 0 Å². The third-order valence-corrected chi connectivity index (χ3v) is 4.81. The minimum atomic E-state index is -1.19. The van der Waals surface area contributed by atoms with Crippen molar-refractivity contribution >= 4 is 21.7 Å². The summed E-state index contributed by atoms with van der Waals surface area (Å²) in [6.45, 7) is 0.356. The molecule has 5 heteroatoms. The van der Waals surface area contributed by atoms with Gasteiger partial charge in [0.05, 0.1) is 21.4 Å². The maximum atomic E-state index is 13.1. The minimum absolute atomic E-state index is 0.292. The topological polar surface area (TPSA) is 58.9 Å². The predicted molar refractivity (Wildman–Crippen MR) is 84.0 cm³/mol. The zero-order chi connectivity index (χ0) is 14.8. The second kappa shape index (κ2) is 5.79. The first-order valence-corrected chi connectivity index (χ1v) is 7.97. The van der Waals surface area contributed by atoms with Crippen molar-refractivity contribution in [2.75, 3.05) is 12.3 Å². The molecule has 108 valence electrons. The van der Waals surface area contributed by atoms with Crippen molar-refractivity contribution in [3.8, 4) is 11.3 Å². The summed E-state index contributed by atoms with van der Waals surface area (Å²) in [6, 6.07) is 13.9. The largest absolute Gasteiger partial charge is 0.354 e. The van der Waals surface area contributed by atoms with Gasteiger partial charge in [-0.05, 0) is 35.9 Å². The number of benzene rings is 2. The van der Waals surface area contributed by atoms with Crippen molar-refractivity contribution < 1.29 is 8.60 Å². The van der Waals surface area contributed by atoms with Crippen LogP contribution in [0.25, 0.3) is 22.2 Å². The van der Waals surface area contributed by atoms with E-state index in [0.29, 0.717) is 12.3 Å². The van der Waals surface area contributed by atoms with E-state index >= 15 is 0 Å². The molecule has 0 fully saturated rings. The highest BCUT2D eigenvalue weighted by molar-refractivity contribution is 7.85. The van der Waals surface area contributed by atoms with Crippen LogP contribution in [0.15, 0.2) is 53.4 Å². The van der Waals surface area contributed by atoms with Gasteiger partial charge in [-0.25, -0.2) is 4.39 Å². The summed E-state index contributed by atoms with van der Waals surface area (Å²) in [5, 5.41) is 0.920. The fourth-order valence-electron chi connectivity index (χ4n) is 2.38. The van der Waals surface area contributed by atoms with Crippen molar-refractivity contribution in [1.82, 2.24) is 4.98 Å². The lowest BCUT2D eigenvalue weighted by Gasteiger charge is -2.04. The SMILES string of the molecule is NCC[S@](=O)c1c(-c2ccc(F)cc2)[nH]c2ccccc12. The Bertz CT molecular complexity index is 796. The number of nitrogens with two attached hydrogens (primary N) is 1. The second-order valence-corrected chi connectivity index (χ2v) is 6.23. The van der Waals surface area contributed by atoms with Gasteiger partial charge in [-0.1, -0.05) is 18.2 Å². The van der Waals surface area contributed by atoms with Crippen LogP contribution >= 0.6 is 0 Å². The van der Waals surface area contributed by atoms with Gasteiger partial charge in [0, 0.05) is 23.2 Å². The number of hydrogen-bond acceptors (Lipinski definition) is 2. The molecule has 1 heterocycles. The molecule has 3 N–H and O–H groups in total. The highest BCUT2D eigenvalue weighted by atomic mass is 32.2. The Kier molecular flexibility index (Phi) is 3.86. The van der Waals surface area contributed by atoms with Crippen molar-refractivity contribution in [3.63, 3.8) is 0 Å². The van der Waals surface area contributed by atoms with E-state index in [-0.39, 0.29) is 5.82 Å². The highest BCUT2D eigenvalue weighted by Crippen LogP contribution is 2.33. The molecule has 0 radical (unpaired) electrons. The molecule has 3 aromatic rings. The molecule has 0 amide bonds. The van der Waals surface area contributed by atoms with Gasteiger partial charge in [-0.3, -0.25) is 4.21 Å². The molecular weight excluding hydrogens is 287 g/mol. The first-order valence-electron chi connectivity index (χ1n) is 6.66. The number of para-hydroxylation sites is 1. The summed E-state index contributed by atoms with van der Waals surface area (Å²) in [5.41, 5.74) is 8.03. The number of hydrogen-bond donors (Lipinski definition) is 2. The fraction of sp³-hybridized carbons (Fsp3) is 0.125. The number of nitrogens with one attached hydrogen (secondary N) is 1. The lowest BCUT2D eigenvalue weighted by atomic mass is 10.1. The van der Waals surface area contributed by atoms with Crippen LogP contribution in [-0.4, -0.2) is 21.5 Å². The second-order valence-electron chi connectivity index (χ2n) is 4.72. The zero-order valence-electron chi connectivity index (χ0n) is 11.3. The van der Waals surface area contributed by atoms with Crippen LogP contribution in [0.3, 0.4) is 0 Å². The van der Waals surface area contributed by atoms with E-state index in [2.05, 4.69) is 4.98 Å². The van der Waals surface area contributed by atoms with Crippen LogP contribution in [-0.2, 0) is 10.8 Å². The van der Waals surface area contributed by atoms with Gasteiger partial charge >= 0.3 is 0 Å². The number of aromatic nitrogens is 1. The van der Waals surface area contributed by atoms with E-state index in [1.54, 1.807) is 12.1 Å². The lowest BCUT2D eigenvalue weighted by molar-refractivity contribution is 0.628. The number of aromatic amines is 1. The monoisotopic (exact) mass is 302 g/mol. The number of halogens is 1. The van der Waals surface area contributed by atoms with Crippen LogP contribution in [0.2, 0.25) is 0 Å². The summed E-state index contributed by atoms with van der Waals surface area (Å²) < 4.78 is 25.6. The van der Waals surface area contributed by atoms with E-state index in [1.807, 2.05) is 24.3 Å². The molecule has 2 aromatic carbocycles. The fourth-order valence-corrected chi connectivity index (χ4v) is 3.62. The van der Waals surface area contributed by atoms with Gasteiger partial charge in [-0.15, -0.1) is 0 Å². The van der Waals surface area contributed by atoms with E-state index in [1.165, 1.54) is 12.1 Å². The van der Waals surface area contributed by atoms with Gasteiger partial charge in [0.15, 0.2) is 0 Å². The minimum Gasteiger partial charge on any atom is -0.354 e. The molecule has 21 heavy (non-hydrogen) atoms. The summed E-state index contributed by atoms with van der Waals surface area (Å²) in [5.74, 6) is 0.107. The maximum absolute atomic E-state index is 13.1. The normalized spacial score (nSPS) is 12.7.